The van der Waals surface area contributed by atoms with Gasteiger partial charge in [0.15, 0.2) is 0 Å². The van der Waals surface area contributed by atoms with E-state index in [2.05, 4.69) is 70.5 Å². The molecule has 0 amide bonds. The van der Waals surface area contributed by atoms with Crippen molar-refractivity contribution in [3.05, 3.63) is 89.5 Å². The van der Waals surface area contributed by atoms with Crippen LogP contribution in [-0.4, -0.2) is 275 Å². The summed E-state index contributed by atoms with van der Waals surface area (Å²) in [6.07, 6.45) is 0. The Bertz CT molecular complexity index is 1700. The smallest absolute Gasteiger partial charge is 0.101 e. The summed E-state index contributed by atoms with van der Waals surface area (Å²) in [5.41, 5.74) is 6.17. The summed E-state index contributed by atoms with van der Waals surface area (Å²) in [5, 5.41) is 19.1. The molecule has 1 atom stereocenters. The summed E-state index contributed by atoms with van der Waals surface area (Å²) in [5.74, 6) is -0.107. The molecule has 0 aromatic heterocycles. The highest BCUT2D eigenvalue weighted by Crippen LogP contribution is 2.35. The second-order valence-electron chi connectivity index (χ2n) is 18.4. The number of hydrogen-bond acceptors (Lipinski definition) is 23. The number of nitrogens with zero attached hydrogens (tertiary/aromatic N) is 3. The lowest BCUT2D eigenvalue weighted by molar-refractivity contribution is -0.115. The van der Waals surface area contributed by atoms with Crippen LogP contribution < -0.4 is 15.0 Å². The molecule has 0 saturated heterocycles. The minimum Gasteiger partial charge on any atom is -0.394 e. The molecule has 482 valence electrons. The van der Waals surface area contributed by atoms with E-state index in [1.165, 1.54) is 5.23 Å². The average Bonchev–Trinajstić information content (AvgIpc) is 3.71. The van der Waals surface area contributed by atoms with Crippen LogP contribution in [0, 0.1) is 0 Å². The third kappa shape index (κ3) is 38.4. The van der Waals surface area contributed by atoms with E-state index in [4.69, 9.17) is 95.7 Å². The molecule has 23 nitrogen and oxygen atoms in total. The first-order chi connectivity index (χ1) is 41.5. The van der Waals surface area contributed by atoms with Gasteiger partial charge in [0.05, 0.1) is 217 Å². The van der Waals surface area contributed by atoms with Crippen LogP contribution in [0.3, 0.4) is 0 Å². The second-order valence-corrected chi connectivity index (χ2v) is 18.4. The minimum atomic E-state index is -0.107. The summed E-state index contributed by atoms with van der Waals surface area (Å²) in [4.78, 5) is 16.7. The van der Waals surface area contributed by atoms with Gasteiger partial charge in [-0.2, -0.15) is 0 Å². The Morgan fingerprint density at radius 1 is 0.286 bits per heavy atom. The zero-order chi connectivity index (χ0) is 59.9. The van der Waals surface area contributed by atoms with E-state index >= 15 is 0 Å². The molecule has 0 bridgehead atoms. The predicted molar refractivity (Wildman–Crippen MR) is 320 cm³/mol. The van der Waals surface area contributed by atoms with Gasteiger partial charge in [-0.3, -0.25) is 0 Å². The normalized spacial score (nSPS) is 11.9. The van der Waals surface area contributed by atoms with E-state index in [1.54, 1.807) is 0 Å². The molecule has 0 saturated carbocycles. The van der Waals surface area contributed by atoms with Crippen molar-refractivity contribution in [2.24, 2.45) is 0 Å². The fourth-order valence-corrected chi connectivity index (χ4v) is 7.73. The van der Waals surface area contributed by atoms with Gasteiger partial charge in [-0.15, -0.1) is 5.23 Å². The average molecular weight is 1200 g/mol. The third-order valence-corrected chi connectivity index (χ3v) is 12.0. The number of hydrogen-bond donors (Lipinski definition) is 2. The highest BCUT2D eigenvalue weighted by atomic mass is 17.0. The molecule has 0 spiro atoms. The van der Waals surface area contributed by atoms with Gasteiger partial charge in [0.25, 0.3) is 0 Å². The van der Waals surface area contributed by atoms with Gasteiger partial charge in [-0.1, -0.05) is 36.4 Å². The molecular weight excluding hydrogens is 1090 g/mol. The summed E-state index contributed by atoms with van der Waals surface area (Å²) in [6.45, 7) is 20.4. The van der Waals surface area contributed by atoms with Crippen LogP contribution in [0.1, 0.15) is 36.5 Å². The molecule has 0 fully saturated rings. The Balaban J connectivity index is 1.69. The van der Waals surface area contributed by atoms with E-state index in [0.717, 1.165) is 28.1 Å². The van der Waals surface area contributed by atoms with Crippen LogP contribution in [0.4, 0.5) is 17.1 Å². The standard InChI is InChI=1S/C61H103N3O20/c1-5-67-27-29-73-39-41-79-47-49-81-51-53-83-64(84-54-52-82-50-48-80-42-40-74-30-28-68-6-2)60-17-11-57(12-18-60)61(55-7-13-58(14-8-55)62(3)4)56-9-15-59(16-10-56)63(19-23-69-31-35-75-43-45-77-37-33-71-25-21-65)20-24-70-32-36-76-44-46-78-38-34-72-26-22-66/h7-18,61,65-66H,5-6,19-54H2,1-4H3. The summed E-state index contributed by atoms with van der Waals surface area (Å²) in [6, 6.07) is 25.6. The Labute approximate surface area is 500 Å². The Kier molecular flexibility index (Phi) is 48.5. The van der Waals surface area contributed by atoms with Gasteiger partial charge in [0.1, 0.15) is 13.2 Å². The summed E-state index contributed by atoms with van der Waals surface area (Å²) >= 11 is 0. The van der Waals surface area contributed by atoms with Crippen LogP contribution >= 0.6 is 0 Å². The number of anilines is 3. The summed E-state index contributed by atoms with van der Waals surface area (Å²) < 4.78 is 89.5. The van der Waals surface area contributed by atoms with Gasteiger partial charge in [0.2, 0.25) is 0 Å². The molecule has 0 radical (unpaired) electrons. The molecular formula is C61H103N3O20. The van der Waals surface area contributed by atoms with E-state index < -0.39 is 0 Å². The molecule has 0 heterocycles. The maximum absolute atomic E-state index is 8.84. The predicted octanol–water partition coefficient (Wildman–Crippen LogP) is 4.70. The highest BCUT2D eigenvalue weighted by molar-refractivity contribution is 5.55. The third-order valence-electron chi connectivity index (χ3n) is 12.0. The largest absolute Gasteiger partial charge is 0.394 e. The molecule has 0 aliphatic carbocycles. The van der Waals surface area contributed by atoms with Gasteiger partial charge in [-0.05, 0) is 66.9 Å². The van der Waals surface area contributed by atoms with Crippen LogP contribution in [-0.2, 0) is 85.5 Å². The van der Waals surface area contributed by atoms with Gasteiger partial charge >= 0.3 is 0 Å². The van der Waals surface area contributed by atoms with Gasteiger partial charge in [-0.25, -0.2) is 9.68 Å². The molecule has 84 heavy (non-hydrogen) atoms. The lowest BCUT2D eigenvalue weighted by Gasteiger charge is -2.26. The van der Waals surface area contributed by atoms with Crippen LogP contribution in [0.15, 0.2) is 72.8 Å². The van der Waals surface area contributed by atoms with Crippen molar-refractivity contribution >= 4 is 17.1 Å². The first-order valence-corrected chi connectivity index (χ1v) is 29.8. The molecule has 2 N–H and O–H groups in total. The maximum atomic E-state index is 8.84. The van der Waals surface area contributed by atoms with Crippen molar-refractivity contribution in [1.82, 2.24) is 0 Å². The van der Waals surface area contributed by atoms with Crippen molar-refractivity contribution in [2.75, 3.05) is 280 Å². The lowest BCUT2D eigenvalue weighted by Crippen LogP contribution is -2.31. The number of aliphatic hydroxyl groups is 2. The quantitative estimate of drug-likeness (QED) is 0.0445. The second kappa shape index (κ2) is 54.6. The van der Waals surface area contributed by atoms with Crippen molar-refractivity contribution in [3.63, 3.8) is 0 Å². The van der Waals surface area contributed by atoms with Crippen molar-refractivity contribution in [3.8, 4) is 0 Å². The SMILES string of the molecule is CCOCCOCCOCCOCCON(OCCOCCOCCOCCOCC)c1ccc(C(c2ccc(N(C)C)cc2)c2ccc(N(CCOCCOCCOCCOCCO)CCOCCOCCOCCOCCO)cc2)cc1. The van der Waals surface area contributed by atoms with E-state index in [1.807, 2.05) is 40.1 Å². The molecule has 0 aliphatic heterocycles. The highest BCUT2D eigenvalue weighted by Gasteiger charge is 2.20. The Morgan fingerprint density at radius 3 is 0.798 bits per heavy atom. The first-order valence-electron chi connectivity index (χ1n) is 29.8. The molecule has 23 heteroatoms. The van der Waals surface area contributed by atoms with E-state index in [9.17, 15) is 0 Å². The molecule has 3 aromatic carbocycles. The van der Waals surface area contributed by atoms with Gasteiger partial charge < -0.3 is 95.8 Å². The molecule has 0 aliphatic rings. The summed E-state index contributed by atoms with van der Waals surface area (Å²) in [7, 11) is 4.08. The number of ether oxygens (including phenoxy) is 16. The monoisotopic (exact) mass is 1200 g/mol. The van der Waals surface area contributed by atoms with Gasteiger partial charge in [0, 0.05) is 57.7 Å². The fourth-order valence-electron chi connectivity index (χ4n) is 7.73. The van der Waals surface area contributed by atoms with Crippen LogP contribution in [0.2, 0.25) is 0 Å². The Hall–Kier alpha value is -3.74. The zero-order valence-corrected chi connectivity index (χ0v) is 51.0. The number of aliphatic hydroxyl groups excluding tert-OH is 2. The van der Waals surface area contributed by atoms with Crippen molar-refractivity contribution in [2.45, 2.75) is 19.8 Å². The topological polar surface area (TPSA) is 216 Å². The molecule has 3 rings (SSSR count). The number of rotatable bonds is 62. The first kappa shape index (κ1) is 74.5. The van der Waals surface area contributed by atoms with Crippen LogP contribution in [0.25, 0.3) is 0 Å². The Morgan fingerprint density at radius 2 is 0.524 bits per heavy atom. The molecule has 3 aromatic rings. The molecule has 1 unspecified atom stereocenters. The maximum Gasteiger partial charge on any atom is 0.101 e. The van der Waals surface area contributed by atoms with E-state index in [-0.39, 0.29) is 32.3 Å². The van der Waals surface area contributed by atoms with Crippen LogP contribution in [0.5, 0.6) is 0 Å². The van der Waals surface area contributed by atoms with Crippen molar-refractivity contribution < 1.29 is 95.7 Å². The lowest BCUT2D eigenvalue weighted by atomic mass is 9.85. The van der Waals surface area contributed by atoms with E-state index in [0.29, 0.717) is 230 Å². The van der Waals surface area contributed by atoms with Crippen molar-refractivity contribution in [1.29, 1.82) is 0 Å². The minimum absolute atomic E-state index is 0.00631. The zero-order valence-electron chi connectivity index (χ0n) is 51.0. The number of benzene rings is 3. The fraction of sp³-hybridized carbons (Fsp3) is 0.705.